The van der Waals surface area contributed by atoms with E-state index in [-0.39, 0.29) is 0 Å². The van der Waals surface area contributed by atoms with Crippen LogP contribution in [0, 0.1) is 5.92 Å². The minimum absolute atomic E-state index is 0.305. The van der Waals surface area contributed by atoms with Gasteiger partial charge in [-0.1, -0.05) is 12.1 Å². The number of aryl methyl sites for hydroxylation is 1. The van der Waals surface area contributed by atoms with E-state index in [2.05, 4.69) is 27.4 Å². The van der Waals surface area contributed by atoms with Crippen LogP contribution in [0.5, 0.6) is 0 Å². The second-order valence-electron chi connectivity index (χ2n) is 5.95. The fourth-order valence-corrected chi connectivity index (χ4v) is 3.82. The van der Waals surface area contributed by atoms with Gasteiger partial charge in [-0.2, -0.15) is 0 Å². The van der Waals surface area contributed by atoms with E-state index in [1.54, 1.807) is 11.3 Å². The first-order chi connectivity index (χ1) is 10.8. The van der Waals surface area contributed by atoms with E-state index in [1.807, 2.05) is 24.4 Å². The maximum Gasteiger partial charge on any atom is 0.222 e. The Kier molecular flexibility index (Phi) is 5.22. The van der Waals surface area contributed by atoms with E-state index in [1.165, 1.54) is 11.3 Å². The zero-order valence-electron chi connectivity index (χ0n) is 12.8. The highest BCUT2D eigenvalue weighted by molar-refractivity contribution is 7.09. The Balaban J connectivity index is 1.50. The lowest BCUT2D eigenvalue weighted by Gasteiger charge is -2.32. The zero-order chi connectivity index (χ0) is 15.2. The molecule has 1 saturated heterocycles. The lowest BCUT2D eigenvalue weighted by atomic mass is 9.93. The number of nitrogens with zero attached hydrogens (tertiary/aromatic N) is 2. The first kappa shape index (κ1) is 15.2. The predicted octanol–water partition coefficient (Wildman–Crippen LogP) is 3.56. The Labute approximate surface area is 136 Å². The minimum Gasteiger partial charge on any atom is -0.342 e. The topological polar surface area (TPSA) is 33.2 Å². The lowest BCUT2D eigenvalue weighted by molar-refractivity contribution is -0.132. The SMILES string of the molecule is O=C(CCc1cccs1)N1CCC[C@@H](Cc2ccccn2)C1. The average Bonchev–Trinajstić information content (AvgIpc) is 3.07. The number of carbonyl (C=O) groups is 1. The molecule has 2 aromatic heterocycles. The molecule has 3 rings (SSSR count). The van der Waals surface area contributed by atoms with Crippen molar-refractivity contribution >= 4 is 17.2 Å². The second kappa shape index (κ2) is 7.54. The Morgan fingerprint density at radius 3 is 3.05 bits per heavy atom. The highest BCUT2D eigenvalue weighted by Crippen LogP contribution is 2.21. The van der Waals surface area contributed by atoms with Gasteiger partial charge in [-0.3, -0.25) is 9.78 Å². The van der Waals surface area contributed by atoms with Crippen molar-refractivity contribution in [3.63, 3.8) is 0 Å². The number of piperidine rings is 1. The Hall–Kier alpha value is -1.68. The van der Waals surface area contributed by atoms with E-state index in [0.717, 1.165) is 38.0 Å². The zero-order valence-corrected chi connectivity index (χ0v) is 13.6. The van der Waals surface area contributed by atoms with Crippen LogP contribution in [0.2, 0.25) is 0 Å². The van der Waals surface area contributed by atoms with Gasteiger partial charge in [-0.25, -0.2) is 0 Å². The molecule has 1 aliphatic heterocycles. The van der Waals surface area contributed by atoms with Crippen molar-refractivity contribution in [3.05, 3.63) is 52.5 Å². The van der Waals surface area contributed by atoms with Crippen LogP contribution in [0.3, 0.4) is 0 Å². The van der Waals surface area contributed by atoms with Crippen LogP contribution < -0.4 is 0 Å². The van der Waals surface area contributed by atoms with Gasteiger partial charge >= 0.3 is 0 Å². The average molecular weight is 314 g/mol. The van der Waals surface area contributed by atoms with E-state index in [4.69, 9.17) is 0 Å². The van der Waals surface area contributed by atoms with Crippen molar-refractivity contribution in [3.8, 4) is 0 Å². The van der Waals surface area contributed by atoms with Crippen LogP contribution >= 0.6 is 11.3 Å². The molecule has 0 saturated carbocycles. The third-order valence-electron chi connectivity index (χ3n) is 4.26. The van der Waals surface area contributed by atoms with E-state index in [9.17, 15) is 4.79 Å². The molecular formula is C18H22N2OS. The minimum atomic E-state index is 0.305. The number of hydrogen-bond acceptors (Lipinski definition) is 3. The largest absolute Gasteiger partial charge is 0.342 e. The Morgan fingerprint density at radius 2 is 2.27 bits per heavy atom. The van der Waals surface area contributed by atoms with Gasteiger partial charge in [-0.05, 0) is 55.2 Å². The summed E-state index contributed by atoms with van der Waals surface area (Å²) >= 11 is 1.73. The third kappa shape index (κ3) is 4.17. The molecule has 1 amide bonds. The van der Waals surface area contributed by atoms with Crippen LogP contribution in [0.4, 0.5) is 0 Å². The third-order valence-corrected chi connectivity index (χ3v) is 5.20. The van der Waals surface area contributed by atoms with Gasteiger partial charge in [0, 0.05) is 36.3 Å². The maximum absolute atomic E-state index is 12.4. The van der Waals surface area contributed by atoms with Gasteiger partial charge in [0.15, 0.2) is 0 Å². The summed E-state index contributed by atoms with van der Waals surface area (Å²) < 4.78 is 0. The van der Waals surface area contributed by atoms with Crippen molar-refractivity contribution in [1.82, 2.24) is 9.88 Å². The summed E-state index contributed by atoms with van der Waals surface area (Å²) in [6.45, 7) is 1.81. The molecule has 0 N–H and O–H groups in total. The smallest absolute Gasteiger partial charge is 0.222 e. The van der Waals surface area contributed by atoms with Gasteiger partial charge in [0.1, 0.15) is 0 Å². The molecule has 1 aliphatic rings. The first-order valence-electron chi connectivity index (χ1n) is 8.01. The number of thiophene rings is 1. The second-order valence-corrected chi connectivity index (χ2v) is 6.98. The molecule has 0 unspecified atom stereocenters. The van der Waals surface area contributed by atoms with Crippen molar-refractivity contribution in [2.75, 3.05) is 13.1 Å². The van der Waals surface area contributed by atoms with Crippen molar-refractivity contribution in [2.45, 2.75) is 32.1 Å². The highest BCUT2D eigenvalue weighted by Gasteiger charge is 2.23. The van der Waals surface area contributed by atoms with Gasteiger partial charge in [-0.15, -0.1) is 11.3 Å². The Morgan fingerprint density at radius 1 is 1.32 bits per heavy atom. The molecule has 4 heteroatoms. The molecule has 2 aromatic rings. The molecule has 0 radical (unpaired) electrons. The number of likely N-dealkylation sites (tertiary alicyclic amines) is 1. The molecule has 22 heavy (non-hydrogen) atoms. The first-order valence-corrected chi connectivity index (χ1v) is 8.89. The molecule has 0 spiro atoms. The molecule has 3 nitrogen and oxygen atoms in total. The molecule has 1 fully saturated rings. The van der Waals surface area contributed by atoms with Gasteiger partial charge in [0.25, 0.3) is 0 Å². The van der Waals surface area contributed by atoms with Crippen molar-refractivity contribution < 1.29 is 4.79 Å². The molecule has 3 heterocycles. The summed E-state index contributed by atoms with van der Waals surface area (Å²) in [6.07, 6.45) is 6.65. The summed E-state index contributed by atoms with van der Waals surface area (Å²) in [7, 11) is 0. The fourth-order valence-electron chi connectivity index (χ4n) is 3.12. The van der Waals surface area contributed by atoms with Crippen molar-refractivity contribution in [2.24, 2.45) is 5.92 Å². The molecule has 0 bridgehead atoms. The summed E-state index contributed by atoms with van der Waals surface area (Å²) in [6, 6.07) is 10.2. The van der Waals surface area contributed by atoms with Gasteiger partial charge < -0.3 is 4.90 Å². The maximum atomic E-state index is 12.4. The summed E-state index contributed by atoms with van der Waals surface area (Å²) in [4.78, 5) is 20.2. The van der Waals surface area contributed by atoms with Gasteiger partial charge in [0.2, 0.25) is 5.91 Å². The number of hydrogen-bond donors (Lipinski definition) is 0. The number of amides is 1. The van der Waals surface area contributed by atoms with Crippen LogP contribution in [0.25, 0.3) is 0 Å². The Bertz CT molecular complexity index is 582. The van der Waals surface area contributed by atoms with Crippen LogP contribution in [-0.2, 0) is 17.6 Å². The summed E-state index contributed by atoms with van der Waals surface area (Å²) in [5.74, 6) is 0.855. The quantitative estimate of drug-likeness (QED) is 0.845. The number of rotatable bonds is 5. The standard InChI is InChI=1S/C18H22N2OS/c21-18(9-8-17-7-4-12-22-17)20-11-3-5-15(14-20)13-16-6-1-2-10-19-16/h1-2,4,6-7,10,12,15H,3,5,8-9,11,13-14H2/t15-/m0/s1. The number of aromatic nitrogens is 1. The molecule has 1 atom stereocenters. The number of pyridine rings is 1. The normalized spacial score (nSPS) is 18.4. The molecular weight excluding hydrogens is 292 g/mol. The van der Waals surface area contributed by atoms with E-state index >= 15 is 0 Å². The van der Waals surface area contributed by atoms with E-state index < -0.39 is 0 Å². The van der Waals surface area contributed by atoms with Crippen molar-refractivity contribution in [1.29, 1.82) is 0 Å². The molecule has 116 valence electrons. The van der Waals surface area contributed by atoms with Crippen LogP contribution in [-0.4, -0.2) is 28.9 Å². The summed E-state index contributed by atoms with van der Waals surface area (Å²) in [5.41, 5.74) is 1.14. The molecule has 0 aromatic carbocycles. The van der Waals surface area contributed by atoms with Crippen LogP contribution in [0.15, 0.2) is 41.9 Å². The highest BCUT2D eigenvalue weighted by atomic mass is 32.1. The summed E-state index contributed by atoms with van der Waals surface area (Å²) in [5, 5.41) is 2.07. The number of carbonyl (C=O) groups excluding carboxylic acids is 1. The van der Waals surface area contributed by atoms with E-state index in [0.29, 0.717) is 18.2 Å². The lowest BCUT2D eigenvalue weighted by Crippen LogP contribution is -2.40. The fraction of sp³-hybridized carbons (Fsp3) is 0.444. The predicted molar refractivity (Wildman–Crippen MR) is 89.9 cm³/mol. The molecule has 0 aliphatic carbocycles. The van der Waals surface area contributed by atoms with Gasteiger partial charge in [0.05, 0.1) is 0 Å². The monoisotopic (exact) mass is 314 g/mol. The van der Waals surface area contributed by atoms with Crippen LogP contribution in [0.1, 0.15) is 29.8 Å².